The second kappa shape index (κ2) is 5.92. The van der Waals surface area contributed by atoms with E-state index in [4.69, 9.17) is 14.8 Å². The lowest BCUT2D eigenvalue weighted by molar-refractivity contribution is 0.415. The van der Waals surface area contributed by atoms with Crippen LogP contribution < -0.4 is 4.74 Å². The van der Waals surface area contributed by atoms with E-state index in [9.17, 15) is 0 Å². The predicted molar refractivity (Wildman–Crippen MR) is 122 cm³/mol. The summed E-state index contributed by atoms with van der Waals surface area (Å²) in [5.41, 5.74) is 11.6. The average molecular weight is 391 g/mol. The third-order valence-electron chi connectivity index (χ3n) is 6.25. The van der Waals surface area contributed by atoms with Crippen LogP contribution in [0.3, 0.4) is 0 Å². The number of aromatic nitrogens is 3. The molecule has 30 heavy (non-hydrogen) atoms. The van der Waals surface area contributed by atoms with E-state index in [1.54, 1.807) is 7.11 Å². The molecular weight excluding hydrogens is 370 g/mol. The minimum absolute atomic E-state index is 0.839. The van der Waals surface area contributed by atoms with Crippen molar-refractivity contribution in [2.45, 2.75) is 13.8 Å². The van der Waals surface area contributed by atoms with Crippen LogP contribution in [-0.4, -0.2) is 21.9 Å². The zero-order chi connectivity index (χ0) is 20.6. The van der Waals surface area contributed by atoms with Crippen LogP contribution in [0.5, 0.6) is 5.75 Å². The van der Waals surface area contributed by atoms with Crippen molar-refractivity contribution in [3.63, 3.8) is 0 Å². The number of fused-ring (bicyclic) bond motifs is 5. The van der Waals surface area contributed by atoms with Crippen molar-refractivity contribution in [3.8, 4) is 39.3 Å². The summed E-state index contributed by atoms with van der Waals surface area (Å²) in [5.74, 6) is 0.839. The zero-order valence-electron chi connectivity index (χ0n) is 17.4. The molecule has 146 valence electrons. The quantitative estimate of drug-likeness (QED) is 0.360. The summed E-state index contributed by atoms with van der Waals surface area (Å²) in [7, 11) is 3.66. The van der Waals surface area contributed by atoms with Gasteiger partial charge in [0, 0.05) is 23.6 Å². The first-order valence-corrected chi connectivity index (χ1v) is 10.1. The summed E-state index contributed by atoms with van der Waals surface area (Å²) in [5, 5.41) is 7.28. The summed E-state index contributed by atoms with van der Waals surface area (Å²) in [6, 6.07) is 19.0. The van der Waals surface area contributed by atoms with Crippen LogP contribution in [-0.2, 0) is 7.05 Å². The SMILES string of the molecule is COc1ccc(-c2nn(C)c3nc4c(C)cc(C)c5c4c(c23)-c2ccccc2-5)cc1. The second-order valence-electron chi connectivity index (χ2n) is 8.04. The molecule has 0 saturated heterocycles. The average Bonchev–Trinajstić information content (AvgIpc) is 3.28. The molecule has 2 aromatic heterocycles. The van der Waals surface area contributed by atoms with Crippen molar-refractivity contribution in [1.29, 1.82) is 0 Å². The first-order valence-electron chi connectivity index (χ1n) is 10.1. The Bertz CT molecular complexity index is 1490. The van der Waals surface area contributed by atoms with E-state index in [-0.39, 0.29) is 0 Å². The number of benzene rings is 3. The van der Waals surface area contributed by atoms with E-state index in [0.29, 0.717) is 0 Å². The monoisotopic (exact) mass is 391 g/mol. The second-order valence-corrected chi connectivity index (χ2v) is 8.04. The van der Waals surface area contributed by atoms with Crippen molar-refractivity contribution in [1.82, 2.24) is 14.8 Å². The van der Waals surface area contributed by atoms with Gasteiger partial charge in [-0.3, -0.25) is 0 Å². The van der Waals surface area contributed by atoms with Gasteiger partial charge in [0.15, 0.2) is 5.65 Å². The number of pyridine rings is 1. The van der Waals surface area contributed by atoms with E-state index in [1.807, 2.05) is 23.9 Å². The maximum absolute atomic E-state index is 5.34. The molecule has 0 fully saturated rings. The lowest BCUT2D eigenvalue weighted by Gasteiger charge is -2.10. The Labute approximate surface area is 174 Å². The first-order chi connectivity index (χ1) is 14.6. The molecule has 0 N–H and O–H groups in total. The molecule has 1 aliphatic carbocycles. The summed E-state index contributed by atoms with van der Waals surface area (Å²) in [4.78, 5) is 5.12. The highest BCUT2D eigenvalue weighted by molar-refractivity contribution is 6.24. The van der Waals surface area contributed by atoms with Crippen molar-refractivity contribution >= 4 is 21.9 Å². The van der Waals surface area contributed by atoms with Gasteiger partial charge >= 0.3 is 0 Å². The summed E-state index contributed by atoms with van der Waals surface area (Å²) in [6.07, 6.45) is 0. The highest BCUT2D eigenvalue weighted by atomic mass is 16.5. The molecule has 4 nitrogen and oxygen atoms in total. The van der Waals surface area contributed by atoms with E-state index < -0.39 is 0 Å². The molecule has 3 aromatic carbocycles. The Kier molecular flexibility index (Phi) is 3.40. The molecular formula is C26H21N3O. The van der Waals surface area contributed by atoms with Gasteiger partial charge in [-0.25, -0.2) is 9.67 Å². The Balaban J connectivity index is 1.82. The number of hydrogen-bond donors (Lipinski definition) is 0. The Morgan fingerprint density at radius 2 is 1.53 bits per heavy atom. The number of methoxy groups -OCH3 is 1. The van der Waals surface area contributed by atoms with Gasteiger partial charge in [-0.2, -0.15) is 5.10 Å². The molecule has 6 rings (SSSR count). The van der Waals surface area contributed by atoms with Crippen molar-refractivity contribution in [2.24, 2.45) is 7.05 Å². The van der Waals surface area contributed by atoms with E-state index in [2.05, 4.69) is 56.3 Å². The molecule has 2 heterocycles. The standard InChI is InChI=1S/C26H21N3O/c1-14-13-15(2)24-22-20(14)18-7-5-6-8-19(18)21(22)23-25(28-29(3)26(23)27-24)16-9-11-17(30-4)12-10-16/h5-13H,1-4H3. The molecule has 0 aliphatic heterocycles. The highest BCUT2D eigenvalue weighted by Gasteiger charge is 2.29. The summed E-state index contributed by atoms with van der Waals surface area (Å²) >= 11 is 0. The molecule has 0 amide bonds. The summed E-state index contributed by atoms with van der Waals surface area (Å²) in [6.45, 7) is 4.35. The fourth-order valence-electron chi connectivity index (χ4n) is 4.96. The van der Waals surface area contributed by atoms with Gasteiger partial charge in [-0.05, 0) is 65.9 Å². The topological polar surface area (TPSA) is 39.9 Å². The minimum atomic E-state index is 0.839. The summed E-state index contributed by atoms with van der Waals surface area (Å²) < 4.78 is 7.25. The van der Waals surface area contributed by atoms with Crippen molar-refractivity contribution in [2.75, 3.05) is 7.11 Å². The van der Waals surface area contributed by atoms with Gasteiger partial charge in [-0.15, -0.1) is 0 Å². The van der Waals surface area contributed by atoms with Crippen molar-refractivity contribution in [3.05, 3.63) is 65.7 Å². The molecule has 0 saturated carbocycles. The number of hydrogen-bond acceptors (Lipinski definition) is 3. The smallest absolute Gasteiger partial charge is 0.159 e. The lowest BCUT2D eigenvalue weighted by Crippen LogP contribution is -1.94. The minimum Gasteiger partial charge on any atom is -0.497 e. The number of ether oxygens (including phenoxy) is 1. The van der Waals surface area contributed by atoms with Crippen LogP contribution in [0.15, 0.2) is 54.6 Å². The van der Waals surface area contributed by atoms with Crippen LogP contribution in [0.4, 0.5) is 0 Å². The van der Waals surface area contributed by atoms with Crippen LogP contribution in [0.1, 0.15) is 11.1 Å². The highest BCUT2D eigenvalue weighted by Crippen LogP contribution is 2.52. The first kappa shape index (κ1) is 17.2. The fraction of sp³-hybridized carbons (Fsp3) is 0.154. The molecule has 0 bridgehead atoms. The molecule has 0 spiro atoms. The van der Waals surface area contributed by atoms with Crippen LogP contribution in [0, 0.1) is 13.8 Å². The normalized spacial score (nSPS) is 12.0. The van der Waals surface area contributed by atoms with Gasteiger partial charge in [0.2, 0.25) is 0 Å². The zero-order valence-corrected chi connectivity index (χ0v) is 17.4. The van der Waals surface area contributed by atoms with E-state index in [1.165, 1.54) is 38.8 Å². The third kappa shape index (κ3) is 2.11. The maximum Gasteiger partial charge on any atom is 0.159 e. The Morgan fingerprint density at radius 1 is 0.833 bits per heavy atom. The van der Waals surface area contributed by atoms with Gasteiger partial charge in [0.25, 0.3) is 0 Å². The maximum atomic E-state index is 5.34. The van der Waals surface area contributed by atoms with Gasteiger partial charge in [0.1, 0.15) is 11.4 Å². The van der Waals surface area contributed by atoms with Gasteiger partial charge < -0.3 is 4.74 Å². The Morgan fingerprint density at radius 3 is 2.23 bits per heavy atom. The van der Waals surface area contributed by atoms with Crippen LogP contribution >= 0.6 is 0 Å². The third-order valence-corrected chi connectivity index (χ3v) is 6.25. The van der Waals surface area contributed by atoms with Crippen molar-refractivity contribution < 1.29 is 4.74 Å². The number of nitrogens with zero attached hydrogens (tertiary/aromatic N) is 3. The number of rotatable bonds is 2. The lowest BCUT2D eigenvalue weighted by atomic mass is 9.96. The molecule has 5 aromatic rings. The van der Waals surface area contributed by atoms with Crippen LogP contribution in [0.25, 0.3) is 55.4 Å². The molecule has 0 unspecified atom stereocenters. The van der Waals surface area contributed by atoms with Crippen LogP contribution in [0.2, 0.25) is 0 Å². The van der Waals surface area contributed by atoms with E-state index >= 15 is 0 Å². The molecule has 4 heteroatoms. The fourth-order valence-corrected chi connectivity index (χ4v) is 4.96. The Hall–Kier alpha value is -3.66. The molecule has 0 radical (unpaired) electrons. The number of aryl methyl sites for hydroxylation is 3. The predicted octanol–water partition coefficient (Wildman–Crippen LogP) is 6.06. The molecule has 0 atom stereocenters. The van der Waals surface area contributed by atoms with Gasteiger partial charge in [-0.1, -0.05) is 30.3 Å². The largest absolute Gasteiger partial charge is 0.497 e. The van der Waals surface area contributed by atoms with E-state index in [0.717, 1.165) is 33.6 Å². The molecule has 1 aliphatic rings. The van der Waals surface area contributed by atoms with Gasteiger partial charge in [0.05, 0.1) is 18.0 Å².